The summed E-state index contributed by atoms with van der Waals surface area (Å²) in [5.74, 6) is -0.0968. The second kappa shape index (κ2) is 12.5. The summed E-state index contributed by atoms with van der Waals surface area (Å²) in [7, 11) is 3.05. The molecule has 2 N–H and O–H groups in total. The van der Waals surface area contributed by atoms with Crippen LogP contribution in [-0.2, 0) is 22.6 Å². The van der Waals surface area contributed by atoms with Gasteiger partial charge in [0.2, 0.25) is 11.8 Å². The fourth-order valence-corrected chi connectivity index (χ4v) is 3.76. The maximum atomic E-state index is 13.7. The quantitative estimate of drug-likeness (QED) is 0.440. The van der Waals surface area contributed by atoms with E-state index in [2.05, 4.69) is 5.32 Å². The number of aliphatic hydroxyl groups is 1. The molecule has 35 heavy (non-hydrogen) atoms. The van der Waals surface area contributed by atoms with Crippen molar-refractivity contribution in [3.8, 4) is 11.5 Å². The summed E-state index contributed by atoms with van der Waals surface area (Å²) in [6.45, 7) is -0.0975. The lowest BCUT2D eigenvalue weighted by molar-refractivity contribution is -0.141. The zero-order valence-corrected chi connectivity index (χ0v) is 19.7. The van der Waals surface area contributed by atoms with Gasteiger partial charge in [-0.15, -0.1) is 0 Å². The van der Waals surface area contributed by atoms with Gasteiger partial charge in [0.15, 0.2) is 11.5 Å². The number of rotatable bonds is 11. The highest BCUT2D eigenvalue weighted by Gasteiger charge is 2.31. The smallest absolute Gasteiger partial charge is 0.247 e. The lowest BCUT2D eigenvalue weighted by Crippen LogP contribution is -2.44. The molecule has 0 saturated heterocycles. The Bertz CT molecular complexity index is 1120. The molecule has 0 fully saturated rings. The number of aliphatic hydroxyl groups excluding tert-OH is 1. The number of nitrogens with one attached hydrogen (secondary N) is 1. The molecule has 0 aliphatic carbocycles. The van der Waals surface area contributed by atoms with Crippen LogP contribution in [0.5, 0.6) is 11.5 Å². The van der Waals surface area contributed by atoms with Crippen LogP contribution < -0.4 is 14.8 Å². The SMILES string of the molecule is COc1ccc(CC(=O)N(Cc2ccc(F)cc2)[C@@H](C(=O)NCCO)c2ccccc2)cc1OC. The number of carbonyl (C=O) groups is 2. The Kier molecular flexibility index (Phi) is 9.20. The highest BCUT2D eigenvalue weighted by molar-refractivity contribution is 5.89. The van der Waals surface area contributed by atoms with Gasteiger partial charge in [-0.1, -0.05) is 48.5 Å². The van der Waals surface area contributed by atoms with Crippen molar-refractivity contribution in [3.63, 3.8) is 0 Å². The van der Waals surface area contributed by atoms with Crippen molar-refractivity contribution in [2.45, 2.75) is 19.0 Å². The van der Waals surface area contributed by atoms with E-state index in [0.717, 1.165) is 0 Å². The van der Waals surface area contributed by atoms with E-state index in [4.69, 9.17) is 9.47 Å². The molecule has 0 bridgehead atoms. The second-order valence-electron chi connectivity index (χ2n) is 7.84. The van der Waals surface area contributed by atoms with E-state index >= 15 is 0 Å². The van der Waals surface area contributed by atoms with Gasteiger partial charge in [-0.25, -0.2) is 4.39 Å². The summed E-state index contributed by atoms with van der Waals surface area (Å²) in [6, 6.07) is 19.0. The van der Waals surface area contributed by atoms with Crippen molar-refractivity contribution in [2.24, 2.45) is 0 Å². The Labute approximate surface area is 204 Å². The van der Waals surface area contributed by atoms with Crippen LogP contribution in [0.4, 0.5) is 4.39 Å². The predicted molar refractivity (Wildman–Crippen MR) is 129 cm³/mol. The summed E-state index contributed by atoms with van der Waals surface area (Å²) >= 11 is 0. The molecule has 0 aliphatic heterocycles. The van der Waals surface area contributed by atoms with Crippen molar-refractivity contribution in [3.05, 3.63) is 95.3 Å². The molecule has 0 heterocycles. The summed E-state index contributed by atoms with van der Waals surface area (Å²) < 4.78 is 24.1. The molecule has 184 valence electrons. The van der Waals surface area contributed by atoms with Crippen molar-refractivity contribution < 1.29 is 28.6 Å². The Balaban J connectivity index is 1.99. The van der Waals surface area contributed by atoms with Crippen LogP contribution in [0.2, 0.25) is 0 Å². The number of nitrogens with zero attached hydrogens (tertiary/aromatic N) is 1. The van der Waals surface area contributed by atoms with Crippen LogP contribution >= 0.6 is 0 Å². The maximum Gasteiger partial charge on any atom is 0.247 e. The van der Waals surface area contributed by atoms with E-state index in [0.29, 0.717) is 28.2 Å². The first kappa shape index (κ1) is 25.7. The Hall–Kier alpha value is -3.91. The number of halogens is 1. The predicted octanol–water partition coefficient (Wildman–Crippen LogP) is 3.26. The number of carbonyl (C=O) groups excluding carboxylic acids is 2. The van der Waals surface area contributed by atoms with Gasteiger partial charge in [0.25, 0.3) is 0 Å². The van der Waals surface area contributed by atoms with Gasteiger partial charge in [0, 0.05) is 13.1 Å². The number of methoxy groups -OCH3 is 2. The van der Waals surface area contributed by atoms with E-state index in [1.165, 1.54) is 31.3 Å². The average Bonchev–Trinajstić information content (AvgIpc) is 2.88. The van der Waals surface area contributed by atoms with Gasteiger partial charge < -0.3 is 24.8 Å². The zero-order valence-electron chi connectivity index (χ0n) is 19.7. The van der Waals surface area contributed by atoms with Crippen LogP contribution in [0, 0.1) is 5.82 Å². The summed E-state index contributed by atoms with van der Waals surface area (Å²) in [6.07, 6.45) is -0.00182. The molecular formula is C27H29FN2O5. The highest BCUT2D eigenvalue weighted by Crippen LogP contribution is 2.29. The molecule has 0 aromatic heterocycles. The Morgan fingerprint density at radius 2 is 1.60 bits per heavy atom. The van der Waals surface area contributed by atoms with Gasteiger partial charge >= 0.3 is 0 Å². The van der Waals surface area contributed by atoms with Crippen molar-refractivity contribution in [1.82, 2.24) is 10.2 Å². The minimum absolute atomic E-state index is 0.00182. The molecule has 0 spiro atoms. The molecule has 0 radical (unpaired) electrons. The van der Waals surface area contributed by atoms with Crippen LogP contribution in [0.15, 0.2) is 72.8 Å². The summed E-state index contributed by atoms with van der Waals surface area (Å²) in [5.41, 5.74) is 1.97. The Morgan fingerprint density at radius 1 is 0.943 bits per heavy atom. The largest absolute Gasteiger partial charge is 0.493 e. The minimum atomic E-state index is -0.958. The molecule has 7 nitrogen and oxygen atoms in total. The van der Waals surface area contributed by atoms with Gasteiger partial charge in [0.05, 0.1) is 27.2 Å². The molecule has 0 unspecified atom stereocenters. The second-order valence-corrected chi connectivity index (χ2v) is 7.84. The fraction of sp³-hybridized carbons (Fsp3) is 0.259. The monoisotopic (exact) mass is 480 g/mol. The summed E-state index contributed by atoms with van der Waals surface area (Å²) in [5, 5.41) is 11.9. The first-order valence-electron chi connectivity index (χ1n) is 11.1. The van der Waals surface area contributed by atoms with Crippen molar-refractivity contribution in [2.75, 3.05) is 27.4 Å². The number of hydrogen-bond acceptors (Lipinski definition) is 5. The third kappa shape index (κ3) is 6.80. The van der Waals surface area contributed by atoms with Crippen molar-refractivity contribution in [1.29, 1.82) is 0 Å². The number of ether oxygens (including phenoxy) is 2. The van der Waals surface area contributed by atoms with E-state index < -0.39 is 17.8 Å². The Morgan fingerprint density at radius 3 is 2.23 bits per heavy atom. The van der Waals surface area contributed by atoms with Crippen LogP contribution in [-0.4, -0.2) is 49.2 Å². The van der Waals surface area contributed by atoms with E-state index in [9.17, 15) is 19.1 Å². The number of amides is 2. The molecule has 3 aromatic carbocycles. The molecule has 3 rings (SSSR count). The van der Waals surface area contributed by atoms with Gasteiger partial charge in [-0.05, 0) is 41.0 Å². The first-order valence-corrected chi connectivity index (χ1v) is 11.1. The topological polar surface area (TPSA) is 88.1 Å². The number of hydrogen-bond donors (Lipinski definition) is 2. The third-order valence-corrected chi connectivity index (χ3v) is 5.48. The van der Waals surface area contributed by atoms with Gasteiger partial charge in [-0.2, -0.15) is 0 Å². The maximum absolute atomic E-state index is 13.7. The van der Waals surface area contributed by atoms with E-state index in [-0.39, 0.29) is 32.0 Å². The van der Waals surface area contributed by atoms with Crippen LogP contribution in [0.3, 0.4) is 0 Å². The van der Waals surface area contributed by atoms with Crippen molar-refractivity contribution >= 4 is 11.8 Å². The van der Waals surface area contributed by atoms with Crippen LogP contribution in [0.25, 0.3) is 0 Å². The molecule has 0 saturated carbocycles. The lowest BCUT2D eigenvalue weighted by Gasteiger charge is -2.32. The van der Waals surface area contributed by atoms with Gasteiger partial charge in [-0.3, -0.25) is 9.59 Å². The standard InChI is InChI=1S/C27H29FN2O5/c1-34-23-13-10-20(16-24(23)35-2)17-25(32)30(18-19-8-11-22(28)12-9-19)26(27(33)29-14-15-31)21-6-4-3-5-7-21/h3-13,16,26,31H,14-15,17-18H2,1-2H3,(H,29,33)/t26-/m1/s1. The van der Waals surface area contributed by atoms with Gasteiger partial charge in [0.1, 0.15) is 11.9 Å². The molecule has 3 aromatic rings. The fourth-order valence-electron chi connectivity index (χ4n) is 3.76. The zero-order chi connectivity index (χ0) is 25.2. The average molecular weight is 481 g/mol. The molecular weight excluding hydrogens is 451 g/mol. The number of benzene rings is 3. The normalized spacial score (nSPS) is 11.4. The van der Waals surface area contributed by atoms with E-state index in [1.54, 1.807) is 54.6 Å². The minimum Gasteiger partial charge on any atom is -0.493 e. The lowest BCUT2D eigenvalue weighted by atomic mass is 10.0. The molecule has 1 atom stereocenters. The van der Waals surface area contributed by atoms with Crippen LogP contribution in [0.1, 0.15) is 22.7 Å². The van der Waals surface area contributed by atoms with E-state index in [1.807, 2.05) is 6.07 Å². The molecule has 8 heteroatoms. The highest BCUT2D eigenvalue weighted by atomic mass is 19.1. The molecule has 0 aliphatic rings. The first-order chi connectivity index (χ1) is 17.0. The summed E-state index contributed by atoms with van der Waals surface area (Å²) in [4.78, 5) is 28.4. The molecule has 2 amide bonds. The third-order valence-electron chi connectivity index (χ3n) is 5.48.